The van der Waals surface area contributed by atoms with Gasteiger partial charge in [-0.15, -0.1) is 0 Å². The maximum Gasteiger partial charge on any atom is 0.338 e. The Morgan fingerprint density at radius 1 is 1.09 bits per heavy atom. The van der Waals surface area contributed by atoms with Crippen LogP contribution in [0.25, 0.3) is 16.9 Å². The average Bonchev–Trinajstić information content (AvgIpc) is 3.25. The number of amides is 2. The van der Waals surface area contributed by atoms with Crippen LogP contribution in [0, 0.1) is 0 Å². The summed E-state index contributed by atoms with van der Waals surface area (Å²) in [5, 5.41) is 10.4. The second kappa shape index (κ2) is 9.09. The van der Waals surface area contributed by atoms with Crippen molar-refractivity contribution in [1.82, 2.24) is 20.4 Å². The molecule has 0 spiro atoms. The molecule has 164 valence electrons. The zero-order chi connectivity index (χ0) is 22.7. The van der Waals surface area contributed by atoms with E-state index in [1.54, 1.807) is 18.5 Å². The summed E-state index contributed by atoms with van der Waals surface area (Å²) >= 11 is 0. The molecule has 0 saturated heterocycles. The van der Waals surface area contributed by atoms with Crippen molar-refractivity contribution >= 4 is 12.0 Å². The Balaban J connectivity index is 1.89. The first-order chi connectivity index (χ1) is 15.5. The number of carbonyl (C=O) groups excluding carboxylic acids is 2. The number of allylic oxidation sites excluding steroid dienone is 1. The highest BCUT2D eigenvalue weighted by Gasteiger charge is 2.35. The van der Waals surface area contributed by atoms with Crippen molar-refractivity contribution in [1.29, 1.82) is 0 Å². The molecular formula is C25H26N4O3. The van der Waals surface area contributed by atoms with Gasteiger partial charge in [0, 0.05) is 23.0 Å². The van der Waals surface area contributed by atoms with Crippen LogP contribution in [0.2, 0.25) is 0 Å². The third kappa shape index (κ3) is 4.14. The van der Waals surface area contributed by atoms with Gasteiger partial charge in [0.15, 0.2) is 0 Å². The summed E-state index contributed by atoms with van der Waals surface area (Å²) in [4.78, 5) is 25.2. The number of urea groups is 1. The second-order valence-electron chi connectivity index (χ2n) is 7.55. The third-order valence-electron chi connectivity index (χ3n) is 5.47. The smallest absolute Gasteiger partial charge is 0.338 e. The van der Waals surface area contributed by atoms with Gasteiger partial charge in [0.25, 0.3) is 0 Å². The van der Waals surface area contributed by atoms with Gasteiger partial charge in [-0.2, -0.15) is 5.10 Å². The second-order valence-corrected chi connectivity index (χ2v) is 7.55. The molecule has 0 saturated carbocycles. The molecule has 2 N–H and O–H groups in total. The third-order valence-corrected chi connectivity index (χ3v) is 5.47. The van der Waals surface area contributed by atoms with Crippen LogP contribution >= 0.6 is 0 Å². The van der Waals surface area contributed by atoms with Crippen LogP contribution in [0.15, 0.2) is 72.1 Å². The molecule has 1 aliphatic rings. The van der Waals surface area contributed by atoms with Crippen LogP contribution in [0.3, 0.4) is 0 Å². The van der Waals surface area contributed by atoms with Crippen molar-refractivity contribution in [2.45, 2.75) is 33.2 Å². The molecule has 7 heteroatoms. The molecule has 0 aliphatic carbocycles. The zero-order valence-corrected chi connectivity index (χ0v) is 18.4. The van der Waals surface area contributed by atoms with E-state index < -0.39 is 12.0 Å². The van der Waals surface area contributed by atoms with E-state index in [0.717, 1.165) is 23.2 Å². The number of para-hydroxylation sites is 1. The van der Waals surface area contributed by atoms with E-state index in [1.807, 2.05) is 48.7 Å². The van der Waals surface area contributed by atoms with Crippen LogP contribution in [0.1, 0.15) is 37.9 Å². The predicted molar refractivity (Wildman–Crippen MR) is 122 cm³/mol. The lowest BCUT2D eigenvalue weighted by atomic mass is 9.93. The number of rotatable bonds is 6. The lowest BCUT2D eigenvalue weighted by Gasteiger charge is -2.27. The standard InChI is InChI=1S/C25H26N4O3/c1-4-17-11-13-18(14-12-17)22-20(15-29(28-22)19-9-7-6-8-10-19)23-21(24(30)32-5-2)16(3)26-25(31)27-23/h6-15,23H,4-5H2,1-3H3,(H2,26,27,31). The monoisotopic (exact) mass is 430 g/mol. The number of hydrogen-bond donors (Lipinski definition) is 2. The molecule has 7 nitrogen and oxygen atoms in total. The maximum absolute atomic E-state index is 12.8. The molecule has 0 radical (unpaired) electrons. The molecule has 3 aromatic rings. The summed E-state index contributed by atoms with van der Waals surface area (Å²) in [5.41, 5.74) is 5.25. The molecule has 1 aromatic heterocycles. The molecule has 1 atom stereocenters. The maximum atomic E-state index is 12.8. The number of nitrogens with one attached hydrogen (secondary N) is 2. The summed E-state index contributed by atoms with van der Waals surface area (Å²) in [7, 11) is 0. The van der Waals surface area contributed by atoms with Crippen LogP contribution in [0.4, 0.5) is 4.79 Å². The fourth-order valence-corrected chi connectivity index (χ4v) is 3.84. The van der Waals surface area contributed by atoms with Crippen molar-refractivity contribution in [2.24, 2.45) is 0 Å². The molecule has 0 bridgehead atoms. The van der Waals surface area contributed by atoms with Crippen LogP contribution in [-0.2, 0) is 16.0 Å². The Bertz CT molecular complexity index is 1160. The molecule has 2 amide bonds. The molecule has 4 rings (SSSR count). The van der Waals surface area contributed by atoms with Gasteiger partial charge in [0.05, 0.1) is 29.6 Å². The number of ether oxygens (including phenoxy) is 1. The minimum atomic E-state index is -0.693. The van der Waals surface area contributed by atoms with E-state index in [9.17, 15) is 9.59 Å². The molecule has 2 heterocycles. The summed E-state index contributed by atoms with van der Waals surface area (Å²) < 4.78 is 7.06. The van der Waals surface area contributed by atoms with Gasteiger partial charge in [-0.25, -0.2) is 14.3 Å². The van der Waals surface area contributed by atoms with Crippen molar-refractivity contribution in [2.75, 3.05) is 6.61 Å². The van der Waals surface area contributed by atoms with Crippen LogP contribution < -0.4 is 10.6 Å². The Kier molecular flexibility index (Phi) is 6.07. The van der Waals surface area contributed by atoms with Crippen molar-refractivity contribution < 1.29 is 14.3 Å². The normalized spacial score (nSPS) is 15.8. The van der Waals surface area contributed by atoms with Crippen molar-refractivity contribution in [3.05, 3.63) is 83.2 Å². The Morgan fingerprint density at radius 2 is 1.81 bits per heavy atom. The van der Waals surface area contributed by atoms with Gasteiger partial charge >= 0.3 is 12.0 Å². The van der Waals surface area contributed by atoms with Crippen molar-refractivity contribution in [3.63, 3.8) is 0 Å². The summed E-state index contributed by atoms with van der Waals surface area (Å²) in [6.45, 7) is 5.81. The molecule has 0 fully saturated rings. The quantitative estimate of drug-likeness (QED) is 0.571. The predicted octanol–water partition coefficient (Wildman–Crippen LogP) is 4.29. The fourth-order valence-electron chi connectivity index (χ4n) is 3.84. The fraction of sp³-hybridized carbons (Fsp3) is 0.240. The van der Waals surface area contributed by atoms with E-state index in [1.165, 1.54) is 5.56 Å². The highest BCUT2D eigenvalue weighted by atomic mass is 16.5. The van der Waals surface area contributed by atoms with Crippen LogP contribution in [-0.4, -0.2) is 28.4 Å². The minimum absolute atomic E-state index is 0.241. The average molecular weight is 431 g/mol. The highest BCUT2D eigenvalue weighted by Crippen LogP contribution is 2.35. The number of carbonyl (C=O) groups is 2. The first kappa shape index (κ1) is 21.4. The van der Waals surface area contributed by atoms with E-state index >= 15 is 0 Å². The van der Waals surface area contributed by atoms with Gasteiger partial charge in [-0.1, -0.05) is 49.4 Å². The first-order valence-electron chi connectivity index (χ1n) is 10.7. The van der Waals surface area contributed by atoms with Crippen LogP contribution in [0.5, 0.6) is 0 Å². The van der Waals surface area contributed by atoms with Gasteiger partial charge in [-0.3, -0.25) is 0 Å². The Labute approximate surface area is 187 Å². The van der Waals surface area contributed by atoms with E-state index in [4.69, 9.17) is 9.84 Å². The SMILES string of the molecule is CCOC(=O)C1=C(C)NC(=O)NC1c1cn(-c2ccccc2)nc1-c1ccc(CC)cc1. The first-order valence-corrected chi connectivity index (χ1v) is 10.7. The lowest BCUT2D eigenvalue weighted by molar-refractivity contribution is -0.139. The number of aromatic nitrogens is 2. The largest absolute Gasteiger partial charge is 0.463 e. The molecule has 32 heavy (non-hydrogen) atoms. The number of aryl methyl sites for hydroxylation is 1. The molecule has 1 aliphatic heterocycles. The summed E-state index contributed by atoms with van der Waals surface area (Å²) in [6, 6.07) is 16.8. The number of nitrogens with zero attached hydrogens (tertiary/aromatic N) is 2. The Morgan fingerprint density at radius 3 is 2.47 bits per heavy atom. The molecule has 1 unspecified atom stereocenters. The van der Waals surface area contributed by atoms with Gasteiger partial charge in [0.2, 0.25) is 0 Å². The van der Waals surface area contributed by atoms with Gasteiger partial charge in [0.1, 0.15) is 0 Å². The van der Waals surface area contributed by atoms with Gasteiger partial charge < -0.3 is 15.4 Å². The number of benzene rings is 2. The Hall–Kier alpha value is -3.87. The van der Waals surface area contributed by atoms with Crippen molar-refractivity contribution in [3.8, 4) is 16.9 Å². The number of esters is 1. The summed E-state index contributed by atoms with van der Waals surface area (Å²) in [5.74, 6) is -0.470. The lowest BCUT2D eigenvalue weighted by Crippen LogP contribution is -2.45. The zero-order valence-electron chi connectivity index (χ0n) is 18.4. The number of hydrogen-bond acceptors (Lipinski definition) is 4. The topological polar surface area (TPSA) is 85.2 Å². The minimum Gasteiger partial charge on any atom is -0.463 e. The molecular weight excluding hydrogens is 404 g/mol. The van der Waals surface area contributed by atoms with E-state index in [0.29, 0.717) is 17.0 Å². The summed E-state index contributed by atoms with van der Waals surface area (Å²) in [6.07, 6.45) is 2.80. The van der Waals surface area contributed by atoms with Gasteiger partial charge in [-0.05, 0) is 38.0 Å². The van der Waals surface area contributed by atoms with E-state index in [-0.39, 0.29) is 12.6 Å². The van der Waals surface area contributed by atoms with E-state index in [2.05, 4.69) is 29.7 Å². The highest BCUT2D eigenvalue weighted by molar-refractivity contribution is 5.95. The molecule has 2 aromatic carbocycles.